The van der Waals surface area contributed by atoms with Crippen molar-refractivity contribution in [3.63, 3.8) is 0 Å². The van der Waals surface area contributed by atoms with Gasteiger partial charge in [0, 0.05) is 23.4 Å². The van der Waals surface area contributed by atoms with E-state index in [0.717, 1.165) is 16.1 Å². The highest BCUT2D eigenvalue weighted by Crippen LogP contribution is 2.16. The topological polar surface area (TPSA) is 33.2 Å². The molecule has 100 valence electrons. The first kappa shape index (κ1) is 14.0. The Balaban J connectivity index is 2.08. The van der Waals surface area contributed by atoms with Crippen LogP contribution in [0, 0.1) is 6.92 Å². The van der Waals surface area contributed by atoms with Gasteiger partial charge < -0.3 is 4.90 Å². The van der Waals surface area contributed by atoms with E-state index in [4.69, 9.17) is 11.6 Å². The summed E-state index contributed by atoms with van der Waals surface area (Å²) in [5.41, 5.74) is 4.48. The molecule has 0 N–H and O–H groups in total. The summed E-state index contributed by atoms with van der Waals surface area (Å²) in [6.07, 6.45) is 0. The fourth-order valence-electron chi connectivity index (χ4n) is 1.72. The predicted molar refractivity (Wildman–Crippen MR) is 78.6 cm³/mol. The van der Waals surface area contributed by atoms with Crippen LogP contribution in [0.4, 0.5) is 0 Å². The summed E-state index contributed by atoms with van der Waals surface area (Å²) in [7, 11) is 1.80. The van der Waals surface area contributed by atoms with Crippen LogP contribution in [0.1, 0.15) is 26.5 Å². The second-order valence-electron chi connectivity index (χ2n) is 4.35. The molecule has 0 saturated carbocycles. The normalized spacial score (nSPS) is 10.5. The number of hydrogen-bond acceptors (Lipinski definition) is 3. The smallest absolute Gasteiger partial charge is 0.253 e. The van der Waals surface area contributed by atoms with E-state index in [1.165, 1.54) is 0 Å². The highest BCUT2D eigenvalue weighted by atomic mass is 35.5. The van der Waals surface area contributed by atoms with Gasteiger partial charge in [-0.05, 0) is 24.6 Å². The Morgan fingerprint density at radius 3 is 2.58 bits per heavy atom. The van der Waals surface area contributed by atoms with Crippen molar-refractivity contribution in [2.75, 3.05) is 7.05 Å². The number of carbonyl (C=O) groups is 1. The number of hydrogen-bond donors (Lipinski definition) is 0. The number of alkyl halides is 1. The van der Waals surface area contributed by atoms with Gasteiger partial charge >= 0.3 is 0 Å². The molecule has 2 rings (SSSR count). The summed E-state index contributed by atoms with van der Waals surface area (Å²) in [5.74, 6) is 0.471. The van der Waals surface area contributed by atoms with Crippen LogP contribution in [0.5, 0.6) is 0 Å². The molecule has 0 unspecified atom stereocenters. The monoisotopic (exact) mass is 294 g/mol. The fraction of sp³-hybridized carbons (Fsp3) is 0.286. The lowest BCUT2D eigenvalue weighted by molar-refractivity contribution is 0.0786. The maximum Gasteiger partial charge on any atom is 0.253 e. The molecular weight excluding hydrogens is 280 g/mol. The van der Waals surface area contributed by atoms with E-state index in [2.05, 4.69) is 4.98 Å². The number of thiazole rings is 1. The van der Waals surface area contributed by atoms with Gasteiger partial charge in [0.15, 0.2) is 0 Å². The van der Waals surface area contributed by atoms with Gasteiger partial charge in [-0.15, -0.1) is 22.9 Å². The summed E-state index contributed by atoms with van der Waals surface area (Å²) < 4.78 is 0. The minimum atomic E-state index is 0.00826. The number of rotatable bonds is 4. The van der Waals surface area contributed by atoms with Crippen LogP contribution in [-0.2, 0) is 12.4 Å². The van der Waals surface area contributed by atoms with Crippen LogP contribution in [-0.4, -0.2) is 22.8 Å². The standard InChI is InChI=1S/C14H15ClN2OS/c1-10-13(19-9-16-10)8-17(2)14(18)12-5-3-11(7-15)4-6-12/h3-6,9H,7-8H2,1-2H3. The lowest BCUT2D eigenvalue weighted by Crippen LogP contribution is -2.26. The summed E-state index contributed by atoms with van der Waals surface area (Å²) in [6, 6.07) is 7.39. The van der Waals surface area contributed by atoms with Gasteiger partial charge in [0.25, 0.3) is 5.91 Å². The second-order valence-corrected chi connectivity index (χ2v) is 5.56. The van der Waals surface area contributed by atoms with Crippen LogP contribution in [0.2, 0.25) is 0 Å². The van der Waals surface area contributed by atoms with Crippen LogP contribution in [0.25, 0.3) is 0 Å². The molecule has 1 heterocycles. The predicted octanol–water partition coefficient (Wildman–Crippen LogP) is 3.46. The van der Waals surface area contributed by atoms with Gasteiger partial charge in [-0.1, -0.05) is 12.1 Å². The lowest BCUT2D eigenvalue weighted by atomic mass is 10.1. The minimum absolute atomic E-state index is 0.00826. The number of carbonyl (C=O) groups excluding carboxylic acids is 1. The molecule has 19 heavy (non-hydrogen) atoms. The SMILES string of the molecule is Cc1ncsc1CN(C)C(=O)c1ccc(CCl)cc1. The number of halogens is 1. The van der Waals surface area contributed by atoms with Crippen LogP contribution in [0.3, 0.4) is 0 Å². The maximum absolute atomic E-state index is 12.3. The van der Waals surface area contributed by atoms with Crippen LogP contribution in [0.15, 0.2) is 29.8 Å². The molecule has 0 aliphatic heterocycles. The van der Waals surface area contributed by atoms with Crippen LogP contribution < -0.4 is 0 Å². The number of nitrogens with zero attached hydrogens (tertiary/aromatic N) is 2. The molecule has 0 aliphatic carbocycles. The van der Waals surface area contributed by atoms with Gasteiger partial charge in [-0.2, -0.15) is 0 Å². The molecule has 1 aromatic carbocycles. The maximum atomic E-state index is 12.3. The molecule has 5 heteroatoms. The van der Waals surface area contributed by atoms with Gasteiger partial charge in [0.2, 0.25) is 0 Å². The zero-order valence-corrected chi connectivity index (χ0v) is 12.5. The summed E-state index contributed by atoms with van der Waals surface area (Å²) in [4.78, 5) is 19.3. The quantitative estimate of drug-likeness (QED) is 0.809. The molecule has 1 amide bonds. The Kier molecular flexibility index (Phi) is 4.56. The van der Waals surface area contributed by atoms with E-state index in [-0.39, 0.29) is 5.91 Å². The van der Waals surface area contributed by atoms with E-state index in [0.29, 0.717) is 18.0 Å². The number of benzene rings is 1. The summed E-state index contributed by atoms with van der Waals surface area (Å²) >= 11 is 7.31. The molecule has 0 saturated heterocycles. The van der Waals surface area contributed by atoms with Gasteiger partial charge in [-0.25, -0.2) is 4.98 Å². The second kappa shape index (κ2) is 6.17. The highest BCUT2D eigenvalue weighted by Gasteiger charge is 2.13. The van der Waals surface area contributed by atoms with Gasteiger partial charge in [0.1, 0.15) is 0 Å². The van der Waals surface area contributed by atoms with Crippen molar-refractivity contribution in [3.8, 4) is 0 Å². The Bertz CT molecular complexity index is 565. The molecule has 0 fully saturated rings. The number of aromatic nitrogens is 1. The molecule has 0 radical (unpaired) electrons. The molecule has 0 bridgehead atoms. The molecule has 2 aromatic rings. The Labute approximate surface area is 121 Å². The van der Waals surface area contributed by atoms with Crippen molar-refractivity contribution in [1.82, 2.24) is 9.88 Å². The fourth-order valence-corrected chi connectivity index (χ4v) is 2.73. The summed E-state index contributed by atoms with van der Waals surface area (Å²) in [6.45, 7) is 2.55. The molecule has 1 aromatic heterocycles. The third-order valence-electron chi connectivity index (χ3n) is 2.93. The average molecular weight is 295 g/mol. The molecule has 0 spiro atoms. The van der Waals surface area contributed by atoms with Crippen molar-refractivity contribution in [3.05, 3.63) is 51.5 Å². The lowest BCUT2D eigenvalue weighted by Gasteiger charge is -2.16. The number of amides is 1. The van der Waals surface area contributed by atoms with Crippen molar-refractivity contribution in [2.24, 2.45) is 0 Å². The van der Waals surface area contributed by atoms with Crippen molar-refractivity contribution >= 4 is 28.8 Å². The first-order chi connectivity index (χ1) is 9.11. The zero-order chi connectivity index (χ0) is 13.8. The van der Waals surface area contributed by atoms with Crippen molar-refractivity contribution in [2.45, 2.75) is 19.3 Å². The van der Waals surface area contributed by atoms with E-state index in [1.54, 1.807) is 28.8 Å². The summed E-state index contributed by atoms with van der Waals surface area (Å²) in [5, 5.41) is 0. The third kappa shape index (κ3) is 3.33. The third-order valence-corrected chi connectivity index (χ3v) is 4.16. The first-order valence-corrected chi connectivity index (χ1v) is 7.32. The Morgan fingerprint density at radius 1 is 1.37 bits per heavy atom. The zero-order valence-electron chi connectivity index (χ0n) is 10.9. The minimum Gasteiger partial charge on any atom is -0.336 e. The Morgan fingerprint density at radius 2 is 2.05 bits per heavy atom. The van der Waals surface area contributed by atoms with E-state index in [1.807, 2.05) is 31.2 Å². The molecule has 3 nitrogen and oxygen atoms in total. The largest absolute Gasteiger partial charge is 0.336 e. The van der Waals surface area contributed by atoms with E-state index >= 15 is 0 Å². The van der Waals surface area contributed by atoms with E-state index < -0.39 is 0 Å². The van der Waals surface area contributed by atoms with E-state index in [9.17, 15) is 4.79 Å². The van der Waals surface area contributed by atoms with Crippen molar-refractivity contribution < 1.29 is 4.79 Å². The molecular formula is C14H15ClN2OS. The molecule has 0 atom stereocenters. The van der Waals surface area contributed by atoms with Gasteiger partial charge in [-0.3, -0.25) is 4.79 Å². The van der Waals surface area contributed by atoms with Crippen molar-refractivity contribution in [1.29, 1.82) is 0 Å². The first-order valence-electron chi connectivity index (χ1n) is 5.91. The highest BCUT2D eigenvalue weighted by molar-refractivity contribution is 7.09. The van der Waals surface area contributed by atoms with Crippen LogP contribution >= 0.6 is 22.9 Å². The Hall–Kier alpha value is -1.39. The molecule has 0 aliphatic rings. The van der Waals surface area contributed by atoms with Gasteiger partial charge in [0.05, 0.1) is 17.7 Å². The number of aryl methyl sites for hydroxylation is 1. The average Bonchev–Trinajstić information content (AvgIpc) is 2.83.